The fourth-order valence-corrected chi connectivity index (χ4v) is 2.86. The van der Waals surface area contributed by atoms with E-state index in [0.29, 0.717) is 31.3 Å². The fraction of sp³-hybridized carbons (Fsp3) is 0.467. The van der Waals surface area contributed by atoms with E-state index in [1.54, 1.807) is 35.4 Å². The second-order valence-corrected chi connectivity index (χ2v) is 5.51. The number of rotatable bonds is 5. The van der Waals surface area contributed by atoms with Gasteiger partial charge in [-0.25, -0.2) is 9.97 Å². The van der Waals surface area contributed by atoms with Crippen LogP contribution in [-0.2, 0) is 6.54 Å². The molecule has 0 radical (unpaired) electrons. The standard InChI is InChI=1S/C15H20N6O2/c1-2-21-13(4-7-18-21)14(23)19-12-9-20(8-11(12)10-22)15-16-5-3-6-17-15/h3-7,11-12,22H,2,8-10H2,1H3,(H,19,23)/t11-,12+/m0/s1. The molecular weight excluding hydrogens is 296 g/mol. The van der Waals surface area contributed by atoms with Gasteiger partial charge in [-0.15, -0.1) is 0 Å². The lowest BCUT2D eigenvalue weighted by Crippen LogP contribution is -2.42. The van der Waals surface area contributed by atoms with Crippen molar-refractivity contribution in [1.82, 2.24) is 25.1 Å². The molecule has 3 rings (SSSR count). The third kappa shape index (κ3) is 3.16. The maximum Gasteiger partial charge on any atom is 0.269 e. The Morgan fingerprint density at radius 2 is 2.13 bits per heavy atom. The van der Waals surface area contributed by atoms with E-state index in [2.05, 4.69) is 20.4 Å². The SMILES string of the molecule is CCn1nccc1C(=O)N[C@@H]1CN(c2ncccn2)C[C@H]1CO. The first kappa shape index (κ1) is 15.4. The van der Waals surface area contributed by atoms with E-state index in [1.807, 2.05) is 11.8 Å². The summed E-state index contributed by atoms with van der Waals surface area (Å²) >= 11 is 0. The van der Waals surface area contributed by atoms with Crippen molar-refractivity contribution in [3.63, 3.8) is 0 Å². The lowest BCUT2D eigenvalue weighted by Gasteiger charge is -2.18. The first-order valence-electron chi connectivity index (χ1n) is 7.68. The minimum absolute atomic E-state index is 0.00131. The number of hydrogen-bond acceptors (Lipinski definition) is 6. The number of nitrogens with zero attached hydrogens (tertiary/aromatic N) is 5. The highest BCUT2D eigenvalue weighted by Gasteiger charge is 2.35. The second-order valence-electron chi connectivity index (χ2n) is 5.51. The molecule has 1 saturated heterocycles. The first-order valence-corrected chi connectivity index (χ1v) is 7.68. The molecule has 0 aromatic carbocycles. The summed E-state index contributed by atoms with van der Waals surface area (Å²) in [6, 6.07) is 3.30. The zero-order valence-electron chi connectivity index (χ0n) is 13.0. The largest absolute Gasteiger partial charge is 0.396 e. The van der Waals surface area contributed by atoms with Crippen molar-refractivity contribution >= 4 is 11.9 Å². The van der Waals surface area contributed by atoms with Crippen LogP contribution in [0.4, 0.5) is 5.95 Å². The van der Waals surface area contributed by atoms with Crippen molar-refractivity contribution in [1.29, 1.82) is 0 Å². The molecule has 2 N–H and O–H groups in total. The lowest BCUT2D eigenvalue weighted by atomic mass is 10.1. The maximum atomic E-state index is 12.4. The van der Waals surface area contributed by atoms with E-state index in [4.69, 9.17) is 0 Å². The predicted octanol–water partition coefficient (Wildman–Crippen LogP) is -0.0799. The van der Waals surface area contributed by atoms with Crippen LogP contribution in [0.2, 0.25) is 0 Å². The molecule has 2 atom stereocenters. The van der Waals surface area contributed by atoms with Gasteiger partial charge in [0, 0.05) is 50.7 Å². The first-order chi connectivity index (χ1) is 11.2. The average Bonchev–Trinajstić information content (AvgIpc) is 3.22. The molecule has 1 aliphatic rings. The van der Waals surface area contributed by atoms with E-state index < -0.39 is 0 Å². The molecular formula is C15H20N6O2. The molecule has 8 heteroatoms. The molecule has 0 bridgehead atoms. The number of aliphatic hydroxyl groups is 1. The maximum absolute atomic E-state index is 12.4. The van der Waals surface area contributed by atoms with E-state index in [1.165, 1.54) is 0 Å². The van der Waals surface area contributed by atoms with Gasteiger partial charge in [0.25, 0.3) is 5.91 Å². The van der Waals surface area contributed by atoms with Gasteiger partial charge in [0.2, 0.25) is 5.95 Å². The number of aryl methyl sites for hydroxylation is 1. The highest BCUT2D eigenvalue weighted by Crippen LogP contribution is 2.21. The molecule has 1 amide bonds. The van der Waals surface area contributed by atoms with Gasteiger partial charge in [-0.3, -0.25) is 9.48 Å². The molecule has 1 fully saturated rings. The lowest BCUT2D eigenvalue weighted by molar-refractivity contribution is 0.0911. The minimum Gasteiger partial charge on any atom is -0.396 e. The Bertz CT molecular complexity index is 659. The van der Waals surface area contributed by atoms with Crippen molar-refractivity contribution in [2.24, 2.45) is 5.92 Å². The molecule has 0 saturated carbocycles. The summed E-state index contributed by atoms with van der Waals surface area (Å²) in [4.78, 5) is 22.9. The van der Waals surface area contributed by atoms with Crippen LogP contribution >= 0.6 is 0 Å². The second kappa shape index (κ2) is 6.74. The molecule has 2 aromatic rings. The van der Waals surface area contributed by atoms with E-state index >= 15 is 0 Å². The van der Waals surface area contributed by atoms with Crippen molar-refractivity contribution in [3.05, 3.63) is 36.4 Å². The number of aliphatic hydroxyl groups excluding tert-OH is 1. The summed E-state index contributed by atoms with van der Waals surface area (Å²) in [5.41, 5.74) is 0.526. The minimum atomic E-state index is -0.177. The molecule has 0 aliphatic carbocycles. The smallest absolute Gasteiger partial charge is 0.269 e. The monoisotopic (exact) mass is 316 g/mol. The van der Waals surface area contributed by atoms with Crippen molar-refractivity contribution in [2.75, 3.05) is 24.6 Å². The summed E-state index contributed by atoms with van der Waals surface area (Å²) < 4.78 is 1.65. The van der Waals surface area contributed by atoms with Crippen LogP contribution in [-0.4, -0.2) is 56.5 Å². The summed E-state index contributed by atoms with van der Waals surface area (Å²) in [5, 5.41) is 16.7. The highest BCUT2D eigenvalue weighted by molar-refractivity contribution is 5.92. The van der Waals surface area contributed by atoms with Crippen molar-refractivity contribution in [3.8, 4) is 0 Å². The molecule has 8 nitrogen and oxygen atoms in total. The Labute approximate surface area is 134 Å². The molecule has 0 unspecified atom stereocenters. The summed E-state index contributed by atoms with van der Waals surface area (Å²) in [5.74, 6) is 0.380. The molecule has 3 heterocycles. The van der Waals surface area contributed by atoms with E-state index in [-0.39, 0.29) is 24.5 Å². The zero-order valence-corrected chi connectivity index (χ0v) is 13.0. The van der Waals surface area contributed by atoms with Crippen molar-refractivity contribution < 1.29 is 9.90 Å². The van der Waals surface area contributed by atoms with Crippen LogP contribution in [0.5, 0.6) is 0 Å². The average molecular weight is 316 g/mol. The Balaban J connectivity index is 1.71. The Kier molecular flexibility index (Phi) is 4.52. The number of nitrogens with one attached hydrogen (secondary N) is 1. The van der Waals surface area contributed by atoms with Gasteiger partial charge in [0.1, 0.15) is 5.69 Å². The molecule has 23 heavy (non-hydrogen) atoms. The quantitative estimate of drug-likeness (QED) is 0.801. The van der Waals surface area contributed by atoms with Crippen LogP contribution in [0.15, 0.2) is 30.7 Å². The van der Waals surface area contributed by atoms with E-state index in [9.17, 15) is 9.90 Å². The Hall–Kier alpha value is -2.48. The normalized spacial score (nSPS) is 20.7. The number of amides is 1. The Morgan fingerprint density at radius 3 is 2.83 bits per heavy atom. The summed E-state index contributed by atoms with van der Waals surface area (Å²) in [6.07, 6.45) is 4.98. The van der Waals surface area contributed by atoms with Crippen LogP contribution in [0.1, 0.15) is 17.4 Å². The van der Waals surface area contributed by atoms with Gasteiger partial charge in [-0.1, -0.05) is 0 Å². The molecule has 122 valence electrons. The third-order valence-corrected chi connectivity index (χ3v) is 4.08. The number of aromatic nitrogens is 4. The number of anilines is 1. The molecule has 1 aliphatic heterocycles. The van der Waals surface area contributed by atoms with E-state index in [0.717, 1.165) is 0 Å². The Morgan fingerprint density at radius 1 is 1.35 bits per heavy atom. The van der Waals surface area contributed by atoms with Crippen molar-refractivity contribution in [2.45, 2.75) is 19.5 Å². The van der Waals surface area contributed by atoms with Gasteiger partial charge < -0.3 is 15.3 Å². The molecule has 2 aromatic heterocycles. The van der Waals surface area contributed by atoms with Crippen LogP contribution in [0, 0.1) is 5.92 Å². The fourth-order valence-electron chi connectivity index (χ4n) is 2.86. The summed E-state index contributed by atoms with van der Waals surface area (Å²) in [7, 11) is 0. The van der Waals surface area contributed by atoms with Gasteiger partial charge in [-0.05, 0) is 19.1 Å². The third-order valence-electron chi connectivity index (χ3n) is 4.08. The zero-order chi connectivity index (χ0) is 16.2. The highest BCUT2D eigenvalue weighted by atomic mass is 16.3. The van der Waals surface area contributed by atoms with Crippen LogP contribution < -0.4 is 10.2 Å². The predicted molar refractivity (Wildman–Crippen MR) is 84.0 cm³/mol. The summed E-state index contributed by atoms with van der Waals surface area (Å²) in [6.45, 7) is 3.75. The van der Waals surface area contributed by atoms with Crippen LogP contribution in [0.3, 0.4) is 0 Å². The number of hydrogen-bond donors (Lipinski definition) is 2. The topological polar surface area (TPSA) is 96.2 Å². The van der Waals surface area contributed by atoms with Gasteiger partial charge >= 0.3 is 0 Å². The number of carbonyl (C=O) groups is 1. The number of carbonyl (C=O) groups excluding carboxylic acids is 1. The van der Waals surface area contributed by atoms with Crippen LogP contribution in [0.25, 0.3) is 0 Å². The molecule has 0 spiro atoms. The van der Waals surface area contributed by atoms with Gasteiger partial charge in [0.15, 0.2) is 0 Å². The van der Waals surface area contributed by atoms with Gasteiger partial charge in [-0.2, -0.15) is 5.10 Å². The van der Waals surface area contributed by atoms with Gasteiger partial charge in [0.05, 0.1) is 6.04 Å².